The van der Waals surface area contributed by atoms with Crippen LogP contribution in [0.25, 0.3) is 0 Å². The molecule has 0 aromatic heterocycles. The first kappa shape index (κ1) is 14.9. The van der Waals surface area contributed by atoms with Crippen molar-refractivity contribution in [2.24, 2.45) is 0 Å². The lowest BCUT2D eigenvalue weighted by Gasteiger charge is -2.18. The Morgan fingerprint density at radius 1 is 1.00 bits per heavy atom. The molecule has 0 aliphatic carbocycles. The molecule has 0 aliphatic rings. The van der Waals surface area contributed by atoms with E-state index in [4.69, 9.17) is 9.47 Å². The minimum Gasteiger partial charge on any atom is -0.496 e. The second-order valence-electron chi connectivity index (χ2n) is 4.49. The van der Waals surface area contributed by atoms with Gasteiger partial charge in [-0.05, 0) is 30.7 Å². The summed E-state index contributed by atoms with van der Waals surface area (Å²) < 4.78 is 11.6. The van der Waals surface area contributed by atoms with Gasteiger partial charge in [-0.25, -0.2) is 0 Å². The average molecular weight is 337 g/mol. The highest BCUT2D eigenvalue weighted by atomic mass is 79.9. The van der Waals surface area contributed by atoms with Crippen LogP contribution in [0.3, 0.4) is 0 Å². The fourth-order valence-electron chi connectivity index (χ4n) is 2.12. The number of aliphatic hydroxyl groups is 1. The second kappa shape index (κ2) is 6.29. The quantitative estimate of drug-likeness (QED) is 0.921. The third-order valence-electron chi connectivity index (χ3n) is 3.24. The summed E-state index contributed by atoms with van der Waals surface area (Å²) in [5, 5.41) is 10.7. The standard InChI is InChI=1S/C16H17BrO3/c1-10-8-15(20-3)12(9-13(10)17)16(18)11-6-4-5-7-14(11)19-2/h4-9,16,18H,1-3H3. The van der Waals surface area contributed by atoms with E-state index in [0.717, 1.165) is 10.0 Å². The molecule has 3 nitrogen and oxygen atoms in total. The van der Waals surface area contributed by atoms with Crippen LogP contribution >= 0.6 is 15.9 Å². The van der Waals surface area contributed by atoms with Gasteiger partial charge in [0.25, 0.3) is 0 Å². The Balaban J connectivity index is 2.52. The highest BCUT2D eigenvalue weighted by Gasteiger charge is 2.20. The molecule has 0 spiro atoms. The summed E-state index contributed by atoms with van der Waals surface area (Å²) >= 11 is 3.49. The van der Waals surface area contributed by atoms with Crippen LogP contribution in [0, 0.1) is 6.92 Å². The minimum absolute atomic E-state index is 0.652. The van der Waals surface area contributed by atoms with Gasteiger partial charge in [0.15, 0.2) is 0 Å². The molecule has 1 N–H and O–H groups in total. The van der Waals surface area contributed by atoms with Crippen LogP contribution < -0.4 is 9.47 Å². The van der Waals surface area contributed by atoms with Gasteiger partial charge in [-0.15, -0.1) is 0 Å². The zero-order chi connectivity index (χ0) is 14.7. The predicted octanol–water partition coefficient (Wildman–Crippen LogP) is 3.86. The summed E-state index contributed by atoms with van der Waals surface area (Å²) in [6, 6.07) is 11.2. The monoisotopic (exact) mass is 336 g/mol. The summed E-state index contributed by atoms with van der Waals surface area (Å²) in [4.78, 5) is 0. The molecule has 0 bridgehead atoms. The number of hydrogen-bond acceptors (Lipinski definition) is 3. The third-order valence-corrected chi connectivity index (χ3v) is 4.09. The third kappa shape index (κ3) is 2.81. The summed E-state index contributed by atoms with van der Waals surface area (Å²) in [7, 11) is 3.19. The number of para-hydroxylation sites is 1. The van der Waals surface area contributed by atoms with E-state index < -0.39 is 6.10 Å². The van der Waals surface area contributed by atoms with Gasteiger partial charge in [0, 0.05) is 15.6 Å². The van der Waals surface area contributed by atoms with Crippen molar-refractivity contribution in [3.8, 4) is 11.5 Å². The lowest BCUT2D eigenvalue weighted by molar-refractivity contribution is 0.209. The molecule has 0 saturated carbocycles. The van der Waals surface area contributed by atoms with Crippen LogP contribution in [0.15, 0.2) is 40.9 Å². The van der Waals surface area contributed by atoms with Crippen LogP contribution in [-0.2, 0) is 0 Å². The number of rotatable bonds is 4. The molecule has 106 valence electrons. The van der Waals surface area contributed by atoms with Gasteiger partial charge in [0.05, 0.1) is 14.2 Å². The number of hydrogen-bond donors (Lipinski definition) is 1. The van der Waals surface area contributed by atoms with E-state index in [9.17, 15) is 5.11 Å². The van der Waals surface area contributed by atoms with Gasteiger partial charge in [-0.3, -0.25) is 0 Å². The molecule has 1 unspecified atom stereocenters. The van der Waals surface area contributed by atoms with Crippen molar-refractivity contribution >= 4 is 15.9 Å². The molecule has 0 fully saturated rings. The van der Waals surface area contributed by atoms with Crippen molar-refractivity contribution in [3.05, 3.63) is 57.6 Å². The molecule has 0 aliphatic heterocycles. The Hall–Kier alpha value is -1.52. The molecule has 20 heavy (non-hydrogen) atoms. The molecule has 2 rings (SSSR count). The number of aliphatic hydroxyl groups excluding tert-OH is 1. The minimum atomic E-state index is -0.807. The smallest absolute Gasteiger partial charge is 0.125 e. The van der Waals surface area contributed by atoms with Gasteiger partial charge in [0.2, 0.25) is 0 Å². The van der Waals surface area contributed by atoms with Crippen molar-refractivity contribution in [2.45, 2.75) is 13.0 Å². The number of methoxy groups -OCH3 is 2. The first-order valence-corrected chi connectivity index (χ1v) is 7.02. The fourth-order valence-corrected chi connectivity index (χ4v) is 2.48. The van der Waals surface area contributed by atoms with Crippen LogP contribution in [0.1, 0.15) is 22.8 Å². The fraction of sp³-hybridized carbons (Fsp3) is 0.250. The molecular weight excluding hydrogens is 320 g/mol. The van der Waals surface area contributed by atoms with Gasteiger partial charge >= 0.3 is 0 Å². The molecule has 0 saturated heterocycles. The summed E-state index contributed by atoms with van der Waals surface area (Å²) in [6.45, 7) is 1.98. The topological polar surface area (TPSA) is 38.7 Å². The second-order valence-corrected chi connectivity index (χ2v) is 5.34. The van der Waals surface area contributed by atoms with Gasteiger partial charge < -0.3 is 14.6 Å². The SMILES string of the molecule is COc1ccccc1C(O)c1cc(Br)c(C)cc1OC. The van der Waals surface area contributed by atoms with Crippen LogP contribution in [-0.4, -0.2) is 19.3 Å². The van der Waals surface area contributed by atoms with E-state index in [1.165, 1.54) is 0 Å². The van der Waals surface area contributed by atoms with E-state index >= 15 is 0 Å². The average Bonchev–Trinajstić information content (AvgIpc) is 2.48. The first-order chi connectivity index (χ1) is 9.58. The molecular formula is C16H17BrO3. The maximum Gasteiger partial charge on any atom is 0.125 e. The largest absolute Gasteiger partial charge is 0.496 e. The predicted molar refractivity (Wildman–Crippen MR) is 82.5 cm³/mol. The number of aryl methyl sites for hydroxylation is 1. The lowest BCUT2D eigenvalue weighted by Crippen LogP contribution is -2.05. The van der Waals surface area contributed by atoms with E-state index in [1.54, 1.807) is 14.2 Å². The lowest BCUT2D eigenvalue weighted by atomic mass is 9.98. The maximum atomic E-state index is 10.7. The number of benzene rings is 2. The summed E-state index contributed by atoms with van der Waals surface area (Å²) in [6.07, 6.45) is -0.807. The van der Waals surface area contributed by atoms with E-state index in [2.05, 4.69) is 15.9 Å². The van der Waals surface area contributed by atoms with E-state index in [0.29, 0.717) is 22.6 Å². The van der Waals surface area contributed by atoms with Crippen molar-refractivity contribution in [2.75, 3.05) is 14.2 Å². The molecule has 2 aromatic carbocycles. The number of ether oxygens (including phenoxy) is 2. The van der Waals surface area contributed by atoms with E-state index in [1.807, 2.05) is 43.3 Å². The molecule has 0 radical (unpaired) electrons. The molecule has 1 atom stereocenters. The van der Waals surface area contributed by atoms with E-state index in [-0.39, 0.29) is 0 Å². The van der Waals surface area contributed by atoms with Crippen molar-refractivity contribution in [1.29, 1.82) is 0 Å². The van der Waals surface area contributed by atoms with Crippen LogP contribution in [0.5, 0.6) is 11.5 Å². The highest BCUT2D eigenvalue weighted by Crippen LogP contribution is 2.37. The highest BCUT2D eigenvalue weighted by molar-refractivity contribution is 9.10. The molecule has 0 heterocycles. The first-order valence-electron chi connectivity index (χ1n) is 6.23. The van der Waals surface area contributed by atoms with Crippen LogP contribution in [0.2, 0.25) is 0 Å². The Morgan fingerprint density at radius 2 is 1.65 bits per heavy atom. The Labute approximate surface area is 127 Å². The van der Waals surface area contributed by atoms with Gasteiger partial charge in [-0.2, -0.15) is 0 Å². The van der Waals surface area contributed by atoms with Crippen molar-refractivity contribution < 1.29 is 14.6 Å². The van der Waals surface area contributed by atoms with Gasteiger partial charge in [-0.1, -0.05) is 34.1 Å². The van der Waals surface area contributed by atoms with Crippen molar-refractivity contribution in [3.63, 3.8) is 0 Å². The van der Waals surface area contributed by atoms with Crippen molar-refractivity contribution in [1.82, 2.24) is 0 Å². The number of halogens is 1. The summed E-state index contributed by atoms with van der Waals surface area (Å²) in [5.74, 6) is 1.31. The van der Waals surface area contributed by atoms with Crippen LogP contribution in [0.4, 0.5) is 0 Å². The normalized spacial score (nSPS) is 12.1. The maximum absolute atomic E-state index is 10.7. The Kier molecular flexibility index (Phi) is 4.68. The zero-order valence-corrected chi connectivity index (χ0v) is 13.3. The molecule has 2 aromatic rings. The Morgan fingerprint density at radius 3 is 2.30 bits per heavy atom. The Bertz CT molecular complexity index is 611. The van der Waals surface area contributed by atoms with Gasteiger partial charge in [0.1, 0.15) is 17.6 Å². The zero-order valence-electron chi connectivity index (χ0n) is 11.7. The summed E-state index contributed by atoms with van der Waals surface area (Å²) in [5.41, 5.74) is 2.47. The molecule has 0 amide bonds. The molecule has 4 heteroatoms.